The number of piperidine rings is 1. The van der Waals surface area contributed by atoms with E-state index in [0.717, 1.165) is 31.6 Å². The summed E-state index contributed by atoms with van der Waals surface area (Å²) in [7, 11) is 1.76. The van der Waals surface area contributed by atoms with E-state index in [-0.39, 0.29) is 18.3 Å². The van der Waals surface area contributed by atoms with Gasteiger partial charge in [-0.25, -0.2) is 4.68 Å². The van der Waals surface area contributed by atoms with Crippen molar-refractivity contribution in [3.8, 4) is 0 Å². The summed E-state index contributed by atoms with van der Waals surface area (Å²) in [6.07, 6.45) is 3.80. The maximum atomic E-state index is 12.5. The zero-order valence-electron chi connectivity index (χ0n) is 13.4. The average Bonchev–Trinajstić information content (AvgIpc) is 3.05. The van der Waals surface area contributed by atoms with Gasteiger partial charge in [0.1, 0.15) is 0 Å². The van der Waals surface area contributed by atoms with Gasteiger partial charge in [0.25, 0.3) is 5.91 Å². The molecule has 1 aromatic heterocycles. The third-order valence-electron chi connectivity index (χ3n) is 4.14. The van der Waals surface area contributed by atoms with Crippen molar-refractivity contribution in [3.63, 3.8) is 0 Å². The fourth-order valence-corrected chi connectivity index (χ4v) is 2.68. The molecule has 1 aromatic carbocycles. The van der Waals surface area contributed by atoms with Crippen LogP contribution in [0.1, 0.15) is 34.9 Å². The SMILES string of the molecule is Cc1ccc(N(C)C(=O)c2cn(C3CCNCC3)nn2)cc1.Cl. The number of aromatic nitrogens is 3. The summed E-state index contributed by atoms with van der Waals surface area (Å²) in [6.45, 7) is 3.99. The summed E-state index contributed by atoms with van der Waals surface area (Å²) in [6, 6.07) is 8.19. The molecule has 0 spiro atoms. The fraction of sp³-hybridized carbons (Fsp3) is 0.438. The van der Waals surface area contributed by atoms with E-state index < -0.39 is 0 Å². The van der Waals surface area contributed by atoms with Crippen LogP contribution < -0.4 is 10.2 Å². The molecule has 0 aliphatic carbocycles. The van der Waals surface area contributed by atoms with E-state index in [0.29, 0.717) is 11.7 Å². The Kier molecular flexibility index (Phi) is 5.74. The van der Waals surface area contributed by atoms with Crippen molar-refractivity contribution in [1.82, 2.24) is 20.3 Å². The third kappa shape index (κ3) is 3.89. The lowest BCUT2D eigenvalue weighted by molar-refractivity contribution is 0.0988. The number of rotatable bonds is 3. The van der Waals surface area contributed by atoms with Gasteiger partial charge in [-0.15, -0.1) is 17.5 Å². The van der Waals surface area contributed by atoms with Gasteiger partial charge in [0.05, 0.1) is 12.2 Å². The van der Waals surface area contributed by atoms with Crippen LogP contribution >= 0.6 is 12.4 Å². The molecule has 0 atom stereocenters. The summed E-state index contributed by atoms with van der Waals surface area (Å²) in [5.74, 6) is -0.135. The standard InChI is InChI=1S/C16H21N5O.ClH/c1-12-3-5-13(6-4-12)20(2)16(22)15-11-21(19-18-15)14-7-9-17-10-8-14;/h3-6,11,14,17H,7-10H2,1-2H3;1H. The van der Waals surface area contributed by atoms with Crippen LogP contribution in [0.4, 0.5) is 5.69 Å². The summed E-state index contributed by atoms with van der Waals surface area (Å²) < 4.78 is 1.83. The molecule has 6 nitrogen and oxygen atoms in total. The highest BCUT2D eigenvalue weighted by molar-refractivity contribution is 6.04. The quantitative estimate of drug-likeness (QED) is 0.934. The lowest BCUT2D eigenvalue weighted by Gasteiger charge is -2.22. The maximum Gasteiger partial charge on any atom is 0.280 e. The molecule has 1 aliphatic heterocycles. The van der Waals surface area contributed by atoms with Gasteiger partial charge in [0.15, 0.2) is 5.69 Å². The summed E-state index contributed by atoms with van der Waals surface area (Å²) in [5, 5.41) is 11.5. The number of amides is 1. The topological polar surface area (TPSA) is 63.1 Å². The summed E-state index contributed by atoms with van der Waals surface area (Å²) in [4.78, 5) is 14.1. The van der Waals surface area contributed by atoms with Crippen LogP contribution in [0.3, 0.4) is 0 Å². The number of carbonyl (C=O) groups is 1. The number of nitrogens with zero attached hydrogens (tertiary/aromatic N) is 4. The highest BCUT2D eigenvalue weighted by atomic mass is 35.5. The highest BCUT2D eigenvalue weighted by Crippen LogP contribution is 2.19. The molecule has 0 saturated carbocycles. The van der Waals surface area contributed by atoms with Gasteiger partial charge in [-0.3, -0.25) is 4.79 Å². The molecular formula is C16H22ClN5O. The van der Waals surface area contributed by atoms with E-state index in [1.54, 1.807) is 18.1 Å². The van der Waals surface area contributed by atoms with Crippen LogP contribution in [-0.2, 0) is 0 Å². The monoisotopic (exact) mass is 335 g/mol. The Hall–Kier alpha value is -1.92. The molecule has 1 amide bonds. The molecule has 1 aliphatic rings. The third-order valence-corrected chi connectivity index (χ3v) is 4.14. The van der Waals surface area contributed by atoms with Crippen LogP contribution in [0.5, 0.6) is 0 Å². The number of anilines is 1. The van der Waals surface area contributed by atoms with Crippen molar-refractivity contribution in [3.05, 3.63) is 41.7 Å². The molecule has 1 saturated heterocycles. The second-order valence-electron chi connectivity index (χ2n) is 5.76. The molecule has 0 bridgehead atoms. The number of carbonyl (C=O) groups excluding carboxylic acids is 1. The van der Waals surface area contributed by atoms with Crippen LogP contribution in [-0.4, -0.2) is 41.0 Å². The molecule has 1 fully saturated rings. The minimum absolute atomic E-state index is 0. The van der Waals surface area contributed by atoms with E-state index in [1.165, 1.54) is 5.56 Å². The molecule has 2 aromatic rings. The van der Waals surface area contributed by atoms with Crippen molar-refractivity contribution in [2.24, 2.45) is 0 Å². The average molecular weight is 336 g/mol. The molecule has 124 valence electrons. The Balaban J connectivity index is 0.00000192. The number of aryl methyl sites for hydroxylation is 1. The molecule has 0 unspecified atom stereocenters. The first-order valence-electron chi connectivity index (χ1n) is 7.62. The molecule has 7 heteroatoms. The van der Waals surface area contributed by atoms with Crippen LogP contribution in [0.25, 0.3) is 0 Å². The minimum atomic E-state index is -0.135. The molecular weight excluding hydrogens is 314 g/mol. The van der Waals surface area contributed by atoms with E-state index in [2.05, 4.69) is 15.6 Å². The lowest BCUT2D eigenvalue weighted by atomic mass is 10.1. The molecule has 3 rings (SSSR count). The molecule has 1 N–H and O–H groups in total. The Morgan fingerprint density at radius 1 is 1.26 bits per heavy atom. The van der Waals surface area contributed by atoms with Gasteiger partial charge in [-0.2, -0.15) is 0 Å². The number of hydrogen-bond donors (Lipinski definition) is 1. The van der Waals surface area contributed by atoms with Crippen LogP contribution in [0.2, 0.25) is 0 Å². The largest absolute Gasteiger partial charge is 0.317 e. The zero-order chi connectivity index (χ0) is 15.5. The van der Waals surface area contributed by atoms with E-state index >= 15 is 0 Å². The molecule has 23 heavy (non-hydrogen) atoms. The fourth-order valence-electron chi connectivity index (χ4n) is 2.68. The highest BCUT2D eigenvalue weighted by Gasteiger charge is 2.21. The van der Waals surface area contributed by atoms with Gasteiger partial charge in [0.2, 0.25) is 0 Å². The van der Waals surface area contributed by atoms with Gasteiger partial charge < -0.3 is 10.2 Å². The second kappa shape index (κ2) is 7.57. The number of halogens is 1. The van der Waals surface area contributed by atoms with Crippen molar-refractivity contribution in [2.75, 3.05) is 25.0 Å². The van der Waals surface area contributed by atoms with Crippen LogP contribution in [0.15, 0.2) is 30.5 Å². The summed E-state index contributed by atoms with van der Waals surface area (Å²) >= 11 is 0. The van der Waals surface area contributed by atoms with E-state index in [4.69, 9.17) is 0 Å². The van der Waals surface area contributed by atoms with Crippen LogP contribution in [0, 0.1) is 6.92 Å². The maximum absolute atomic E-state index is 12.5. The van der Waals surface area contributed by atoms with E-state index in [1.807, 2.05) is 35.9 Å². The Bertz CT molecular complexity index is 649. The Morgan fingerprint density at radius 2 is 1.91 bits per heavy atom. The normalized spacial score (nSPS) is 15.0. The van der Waals surface area contributed by atoms with Gasteiger partial charge in [-0.1, -0.05) is 22.9 Å². The lowest BCUT2D eigenvalue weighted by Crippen LogP contribution is -2.29. The van der Waals surface area contributed by atoms with E-state index in [9.17, 15) is 4.79 Å². The Morgan fingerprint density at radius 3 is 2.57 bits per heavy atom. The number of benzene rings is 1. The van der Waals surface area contributed by atoms with Gasteiger partial charge >= 0.3 is 0 Å². The molecule has 2 heterocycles. The van der Waals surface area contributed by atoms with Crippen molar-refractivity contribution in [2.45, 2.75) is 25.8 Å². The molecule has 0 radical (unpaired) electrons. The summed E-state index contributed by atoms with van der Waals surface area (Å²) in [5.41, 5.74) is 2.41. The van der Waals surface area contributed by atoms with Crippen molar-refractivity contribution >= 4 is 24.0 Å². The number of nitrogens with one attached hydrogen (secondary N) is 1. The van der Waals surface area contributed by atoms with Crippen molar-refractivity contribution in [1.29, 1.82) is 0 Å². The predicted octanol–water partition coefficient (Wildman–Crippen LogP) is 2.21. The minimum Gasteiger partial charge on any atom is -0.317 e. The first-order chi connectivity index (χ1) is 10.6. The first kappa shape index (κ1) is 17.4. The zero-order valence-corrected chi connectivity index (χ0v) is 14.2. The predicted molar refractivity (Wildman–Crippen MR) is 92.3 cm³/mol. The first-order valence-corrected chi connectivity index (χ1v) is 7.62. The van der Waals surface area contributed by atoms with Crippen molar-refractivity contribution < 1.29 is 4.79 Å². The van der Waals surface area contributed by atoms with Gasteiger partial charge in [-0.05, 0) is 45.0 Å². The number of hydrogen-bond acceptors (Lipinski definition) is 4. The van der Waals surface area contributed by atoms with Gasteiger partial charge in [0, 0.05) is 12.7 Å². The Labute approximate surface area is 142 Å². The smallest absolute Gasteiger partial charge is 0.280 e. The second-order valence-corrected chi connectivity index (χ2v) is 5.76.